The van der Waals surface area contributed by atoms with Crippen molar-refractivity contribution in [1.29, 1.82) is 5.26 Å². The second kappa shape index (κ2) is 6.85. The zero-order valence-corrected chi connectivity index (χ0v) is 12.6. The fourth-order valence-electron chi connectivity index (χ4n) is 2.40. The molecule has 1 aromatic rings. The first-order valence-corrected chi connectivity index (χ1v) is 7.15. The average Bonchev–Trinajstić information content (AvgIpc) is 3.01. The Balaban J connectivity index is 2.59. The average molecular weight is 302 g/mol. The van der Waals surface area contributed by atoms with Gasteiger partial charge in [0.2, 0.25) is 5.88 Å². The summed E-state index contributed by atoms with van der Waals surface area (Å²) >= 11 is 0. The highest BCUT2D eigenvalue weighted by atomic mass is 16.5. The Morgan fingerprint density at radius 3 is 2.82 bits per heavy atom. The smallest absolute Gasteiger partial charge is 0.338 e. The van der Waals surface area contributed by atoms with Gasteiger partial charge in [0.05, 0.1) is 24.4 Å². The van der Waals surface area contributed by atoms with Gasteiger partial charge in [0.1, 0.15) is 23.2 Å². The molecule has 1 atom stereocenters. The summed E-state index contributed by atoms with van der Waals surface area (Å²) in [6.45, 7) is 3.91. The van der Waals surface area contributed by atoms with Crippen LogP contribution in [0.2, 0.25) is 0 Å². The van der Waals surface area contributed by atoms with Crippen molar-refractivity contribution in [2.24, 2.45) is 5.73 Å². The number of esters is 1. The van der Waals surface area contributed by atoms with Crippen molar-refractivity contribution in [3.05, 3.63) is 46.9 Å². The number of hydrogen-bond donors (Lipinski definition) is 1. The molecule has 0 spiro atoms. The molecule has 0 fully saturated rings. The minimum Gasteiger partial charge on any atom is -0.468 e. The molecule has 0 aromatic carbocycles. The summed E-state index contributed by atoms with van der Waals surface area (Å²) in [6.07, 6.45) is 2.77. The van der Waals surface area contributed by atoms with Crippen LogP contribution in [-0.2, 0) is 14.3 Å². The highest BCUT2D eigenvalue weighted by Crippen LogP contribution is 2.40. The molecule has 0 saturated carbocycles. The molecule has 0 unspecified atom stereocenters. The molecule has 0 amide bonds. The summed E-state index contributed by atoms with van der Waals surface area (Å²) in [4.78, 5) is 12.4. The Morgan fingerprint density at radius 1 is 1.50 bits per heavy atom. The van der Waals surface area contributed by atoms with Crippen LogP contribution < -0.4 is 5.73 Å². The number of hydrogen-bond acceptors (Lipinski definition) is 6. The van der Waals surface area contributed by atoms with Crippen LogP contribution in [0.4, 0.5) is 0 Å². The molecule has 0 saturated heterocycles. The van der Waals surface area contributed by atoms with E-state index in [2.05, 4.69) is 0 Å². The number of rotatable bonds is 5. The van der Waals surface area contributed by atoms with Crippen LogP contribution >= 0.6 is 0 Å². The molecule has 0 radical (unpaired) electrons. The Morgan fingerprint density at radius 2 is 2.27 bits per heavy atom. The number of nitrogens with two attached hydrogens (primary N) is 1. The van der Waals surface area contributed by atoms with Gasteiger partial charge in [-0.2, -0.15) is 5.26 Å². The number of nitrogens with zero attached hydrogens (tertiary/aromatic N) is 1. The van der Waals surface area contributed by atoms with Crippen molar-refractivity contribution in [3.63, 3.8) is 0 Å². The van der Waals surface area contributed by atoms with Gasteiger partial charge < -0.3 is 19.6 Å². The van der Waals surface area contributed by atoms with Gasteiger partial charge in [0, 0.05) is 6.42 Å². The van der Waals surface area contributed by atoms with E-state index in [4.69, 9.17) is 19.6 Å². The van der Waals surface area contributed by atoms with Crippen molar-refractivity contribution >= 4 is 5.97 Å². The van der Waals surface area contributed by atoms with Crippen LogP contribution in [0.15, 0.2) is 45.6 Å². The Kier molecular flexibility index (Phi) is 4.89. The molecule has 2 rings (SSSR count). The maximum absolute atomic E-state index is 12.4. The molecule has 1 aromatic heterocycles. The zero-order valence-electron chi connectivity index (χ0n) is 12.6. The van der Waals surface area contributed by atoms with E-state index in [0.717, 1.165) is 6.42 Å². The van der Waals surface area contributed by atoms with Gasteiger partial charge in [-0.3, -0.25) is 0 Å². The lowest BCUT2D eigenvalue weighted by Gasteiger charge is -2.26. The van der Waals surface area contributed by atoms with Crippen LogP contribution in [0, 0.1) is 11.3 Å². The van der Waals surface area contributed by atoms with E-state index in [0.29, 0.717) is 17.9 Å². The number of furan rings is 1. The lowest BCUT2D eigenvalue weighted by molar-refractivity contribution is -0.139. The first kappa shape index (κ1) is 15.7. The normalized spacial score (nSPS) is 18.0. The van der Waals surface area contributed by atoms with Gasteiger partial charge in [0.15, 0.2) is 0 Å². The summed E-state index contributed by atoms with van der Waals surface area (Å²) in [5, 5.41) is 9.39. The number of carbonyl (C=O) groups is 1. The van der Waals surface area contributed by atoms with Crippen LogP contribution in [0.1, 0.15) is 38.4 Å². The van der Waals surface area contributed by atoms with E-state index in [9.17, 15) is 10.1 Å². The second-order valence-electron chi connectivity index (χ2n) is 4.75. The second-order valence-corrected chi connectivity index (χ2v) is 4.75. The predicted octanol–water partition coefficient (Wildman–Crippen LogP) is 2.70. The quantitative estimate of drug-likeness (QED) is 0.840. The molecule has 6 heteroatoms. The van der Waals surface area contributed by atoms with Crippen LogP contribution in [0.25, 0.3) is 0 Å². The molecule has 22 heavy (non-hydrogen) atoms. The highest BCUT2D eigenvalue weighted by Gasteiger charge is 2.38. The van der Waals surface area contributed by atoms with Crippen molar-refractivity contribution in [2.75, 3.05) is 6.61 Å². The molecule has 1 aliphatic rings. The monoisotopic (exact) mass is 302 g/mol. The number of carbonyl (C=O) groups excluding carboxylic acids is 1. The maximum atomic E-state index is 12.4. The molecule has 0 aliphatic carbocycles. The summed E-state index contributed by atoms with van der Waals surface area (Å²) in [5.41, 5.74) is 6.28. The minimum atomic E-state index is -0.700. The van der Waals surface area contributed by atoms with Crippen molar-refractivity contribution in [1.82, 2.24) is 0 Å². The molecular formula is C16H18N2O4. The van der Waals surface area contributed by atoms with E-state index in [-0.39, 0.29) is 23.6 Å². The molecule has 1 aliphatic heterocycles. The Labute approximate surface area is 128 Å². The van der Waals surface area contributed by atoms with Gasteiger partial charge in [-0.25, -0.2) is 4.79 Å². The number of nitriles is 1. The zero-order chi connectivity index (χ0) is 16.1. The lowest BCUT2D eigenvalue weighted by atomic mass is 9.86. The Bertz CT molecular complexity index is 650. The largest absolute Gasteiger partial charge is 0.468 e. The van der Waals surface area contributed by atoms with Crippen molar-refractivity contribution < 1.29 is 18.7 Å². The third kappa shape index (κ3) is 2.84. The van der Waals surface area contributed by atoms with Crippen LogP contribution in [0.3, 0.4) is 0 Å². The summed E-state index contributed by atoms with van der Waals surface area (Å²) in [5.74, 6) is -0.333. The SMILES string of the molecule is CCCC1=C(C(=O)OCC)[C@@H](c2ccco2)C(C#N)=C(N)O1. The standard InChI is InChI=1S/C16H18N2O4/c1-3-6-12-14(16(19)20-4-2)13(11-7-5-8-21-11)10(9-17)15(18)22-12/h5,7-8,13H,3-4,6,18H2,1-2H3/t13-/m1/s1. The maximum Gasteiger partial charge on any atom is 0.338 e. The van der Waals surface area contributed by atoms with Gasteiger partial charge in [-0.1, -0.05) is 6.92 Å². The van der Waals surface area contributed by atoms with Crippen molar-refractivity contribution in [2.45, 2.75) is 32.6 Å². The molecule has 2 N–H and O–H groups in total. The van der Waals surface area contributed by atoms with Crippen LogP contribution in [-0.4, -0.2) is 12.6 Å². The first-order chi connectivity index (χ1) is 10.6. The van der Waals surface area contributed by atoms with Crippen LogP contribution in [0.5, 0.6) is 0 Å². The molecular weight excluding hydrogens is 284 g/mol. The van der Waals surface area contributed by atoms with E-state index >= 15 is 0 Å². The fourth-order valence-corrected chi connectivity index (χ4v) is 2.40. The highest BCUT2D eigenvalue weighted by molar-refractivity contribution is 5.92. The summed E-state index contributed by atoms with van der Waals surface area (Å²) in [7, 11) is 0. The Hall–Kier alpha value is -2.68. The van der Waals surface area contributed by atoms with E-state index in [1.54, 1.807) is 19.1 Å². The van der Waals surface area contributed by atoms with E-state index < -0.39 is 11.9 Å². The van der Waals surface area contributed by atoms with Gasteiger partial charge >= 0.3 is 5.97 Å². The van der Waals surface area contributed by atoms with E-state index in [1.807, 2.05) is 13.0 Å². The van der Waals surface area contributed by atoms with Gasteiger partial charge in [-0.05, 0) is 25.5 Å². The topological polar surface area (TPSA) is 98.5 Å². The minimum absolute atomic E-state index is 0.000369. The van der Waals surface area contributed by atoms with Crippen molar-refractivity contribution in [3.8, 4) is 6.07 Å². The first-order valence-electron chi connectivity index (χ1n) is 7.15. The third-order valence-electron chi connectivity index (χ3n) is 3.30. The molecule has 6 nitrogen and oxygen atoms in total. The number of ether oxygens (including phenoxy) is 2. The third-order valence-corrected chi connectivity index (χ3v) is 3.30. The molecule has 116 valence electrons. The van der Waals surface area contributed by atoms with E-state index in [1.165, 1.54) is 6.26 Å². The predicted molar refractivity (Wildman–Crippen MR) is 77.9 cm³/mol. The summed E-state index contributed by atoms with van der Waals surface area (Å²) in [6, 6.07) is 5.40. The lowest BCUT2D eigenvalue weighted by Crippen LogP contribution is -2.26. The number of allylic oxidation sites excluding steroid dienone is 2. The van der Waals surface area contributed by atoms with Gasteiger partial charge in [-0.15, -0.1) is 0 Å². The summed E-state index contributed by atoms with van der Waals surface area (Å²) < 4.78 is 16.0. The molecule has 2 heterocycles. The van der Waals surface area contributed by atoms with Gasteiger partial charge in [0.25, 0.3) is 0 Å². The fraction of sp³-hybridized carbons (Fsp3) is 0.375. The molecule has 0 bridgehead atoms.